The fraction of sp³-hybridized carbons (Fsp3) is 0.800. The van der Waals surface area contributed by atoms with Crippen LogP contribution in [0.5, 0.6) is 0 Å². The van der Waals surface area contributed by atoms with E-state index in [-0.39, 0.29) is 0 Å². The van der Waals surface area contributed by atoms with Gasteiger partial charge in [0.05, 0.1) is 12.7 Å². The maximum atomic E-state index is 5.61. The molecular weight excluding hydrogens is 150 g/mol. The molecule has 72 valence electrons. The van der Waals surface area contributed by atoms with Crippen molar-refractivity contribution < 1.29 is 4.74 Å². The van der Waals surface area contributed by atoms with E-state index < -0.39 is 0 Å². The summed E-state index contributed by atoms with van der Waals surface area (Å²) in [5, 5.41) is 3.12. The maximum Gasteiger partial charge on any atom is 0.0651 e. The van der Waals surface area contributed by atoms with E-state index in [1.807, 2.05) is 26.1 Å². The molecule has 0 amide bonds. The summed E-state index contributed by atoms with van der Waals surface area (Å²) in [6, 6.07) is 0. The van der Waals surface area contributed by atoms with E-state index in [2.05, 4.69) is 12.2 Å². The number of hydrogen-bond acceptors (Lipinski definition) is 2. The fourth-order valence-electron chi connectivity index (χ4n) is 0.998. The van der Waals surface area contributed by atoms with Gasteiger partial charge < -0.3 is 10.1 Å². The quantitative estimate of drug-likeness (QED) is 0.591. The van der Waals surface area contributed by atoms with Gasteiger partial charge in [0.2, 0.25) is 0 Å². The van der Waals surface area contributed by atoms with Gasteiger partial charge in [-0.2, -0.15) is 0 Å². The third kappa shape index (κ3) is 6.38. The Morgan fingerprint density at radius 3 is 2.75 bits per heavy atom. The third-order valence-electron chi connectivity index (χ3n) is 1.84. The molecule has 1 atom stereocenters. The molecule has 0 aromatic carbocycles. The van der Waals surface area contributed by atoms with Gasteiger partial charge in [-0.15, -0.1) is 0 Å². The Kier molecular flexibility index (Phi) is 8.51. The standard InChI is InChI=1S/C10H21NO/c1-4-6-9-12-10(5-2)7-8-11-3/h4,6,10-11H,5,7-9H2,1-3H3/b6-4-. The molecule has 2 heteroatoms. The van der Waals surface area contributed by atoms with Crippen LogP contribution in [0.1, 0.15) is 26.7 Å². The van der Waals surface area contributed by atoms with Crippen LogP contribution in [-0.4, -0.2) is 26.3 Å². The summed E-state index contributed by atoms with van der Waals surface area (Å²) >= 11 is 0. The second kappa shape index (κ2) is 8.75. The zero-order valence-electron chi connectivity index (χ0n) is 8.47. The molecule has 0 aliphatic rings. The zero-order valence-corrected chi connectivity index (χ0v) is 8.47. The Hall–Kier alpha value is -0.340. The monoisotopic (exact) mass is 171 g/mol. The molecule has 1 N–H and O–H groups in total. The predicted molar refractivity (Wildman–Crippen MR) is 53.4 cm³/mol. The van der Waals surface area contributed by atoms with Gasteiger partial charge in [0.1, 0.15) is 0 Å². The first-order valence-electron chi connectivity index (χ1n) is 4.72. The second-order valence-electron chi connectivity index (χ2n) is 2.82. The summed E-state index contributed by atoms with van der Waals surface area (Å²) in [4.78, 5) is 0. The van der Waals surface area contributed by atoms with Gasteiger partial charge in [0.15, 0.2) is 0 Å². The van der Waals surface area contributed by atoms with Crippen molar-refractivity contribution in [2.45, 2.75) is 32.8 Å². The van der Waals surface area contributed by atoms with E-state index in [1.54, 1.807) is 0 Å². The first-order valence-corrected chi connectivity index (χ1v) is 4.72. The van der Waals surface area contributed by atoms with Crippen LogP contribution in [0.4, 0.5) is 0 Å². The summed E-state index contributed by atoms with van der Waals surface area (Å²) in [6.45, 7) is 5.96. The lowest BCUT2D eigenvalue weighted by Crippen LogP contribution is -2.19. The first kappa shape index (κ1) is 11.7. The van der Waals surface area contributed by atoms with E-state index in [0.29, 0.717) is 6.10 Å². The molecule has 0 aliphatic heterocycles. The summed E-state index contributed by atoms with van der Waals surface area (Å²) in [6.07, 6.45) is 6.67. The van der Waals surface area contributed by atoms with Crippen molar-refractivity contribution in [1.82, 2.24) is 5.32 Å². The van der Waals surface area contributed by atoms with Crippen LogP contribution in [0.15, 0.2) is 12.2 Å². The maximum absolute atomic E-state index is 5.61. The van der Waals surface area contributed by atoms with E-state index in [4.69, 9.17) is 4.74 Å². The third-order valence-corrected chi connectivity index (χ3v) is 1.84. The summed E-state index contributed by atoms with van der Waals surface area (Å²) in [7, 11) is 1.97. The largest absolute Gasteiger partial charge is 0.374 e. The summed E-state index contributed by atoms with van der Waals surface area (Å²) in [5.74, 6) is 0. The van der Waals surface area contributed by atoms with Crippen LogP contribution >= 0.6 is 0 Å². The van der Waals surface area contributed by atoms with Crippen LogP contribution in [0.3, 0.4) is 0 Å². The second-order valence-corrected chi connectivity index (χ2v) is 2.82. The minimum Gasteiger partial charge on any atom is -0.374 e. The lowest BCUT2D eigenvalue weighted by Gasteiger charge is -2.14. The molecule has 0 rings (SSSR count). The Balaban J connectivity index is 3.39. The van der Waals surface area contributed by atoms with Crippen molar-refractivity contribution in [2.24, 2.45) is 0 Å². The molecule has 0 spiro atoms. The van der Waals surface area contributed by atoms with E-state index in [0.717, 1.165) is 26.0 Å². The first-order chi connectivity index (χ1) is 5.85. The normalized spacial score (nSPS) is 13.9. The van der Waals surface area contributed by atoms with Crippen LogP contribution in [-0.2, 0) is 4.74 Å². The van der Waals surface area contributed by atoms with Crippen LogP contribution in [0, 0.1) is 0 Å². The average molecular weight is 171 g/mol. The van der Waals surface area contributed by atoms with Crippen molar-refractivity contribution in [2.75, 3.05) is 20.2 Å². The highest BCUT2D eigenvalue weighted by atomic mass is 16.5. The van der Waals surface area contributed by atoms with Gasteiger partial charge in [0.25, 0.3) is 0 Å². The van der Waals surface area contributed by atoms with Crippen molar-refractivity contribution >= 4 is 0 Å². The van der Waals surface area contributed by atoms with Crippen LogP contribution in [0.2, 0.25) is 0 Å². The van der Waals surface area contributed by atoms with Crippen LogP contribution < -0.4 is 5.32 Å². The summed E-state index contributed by atoms with van der Waals surface area (Å²) < 4.78 is 5.61. The molecule has 1 unspecified atom stereocenters. The highest BCUT2D eigenvalue weighted by Gasteiger charge is 2.03. The Bertz CT molecular complexity index is 112. The predicted octanol–water partition coefficient (Wildman–Crippen LogP) is 1.97. The topological polar surface area (TPSA) is 21.3 Å². The Morgan fingerprint density at radius 2 is 2.25 bits per heavy atom. The van der Waals surface area contributed by atoms with Crippen LogP contribution in [0.25, 0.3) is 0 Å². The minimum atomic E-state index is 0.411. The van der Waals surface area contributed by atoms with Gasteiger partial charge >= 0.3 is 0 Å². The molecule has 12 heavy (non-hydrogen) atoms. The Labute approximate surface area is 76.0 Å². The SMILES string of the molecule is C/C=C\COC(CC)CCNC. The smallest absolute Gasteiger partial charge is 0.0651 e. The van der Waals surface area contributed by atoms with E-state index in [1.165, 1.54) is 0 Å². The molecule has 0 aromatic rings. The minimum absolute atomic E-state index is 0.411. The van der Waals surface area contributed by atoms with Gasteiger partial charge in [-0.25, -0.2) is 0 Å². The van der Waals surface area contributed by atoms with Crippen molar-refractivity contribution in [3.63, 3.8) is 0 Å². The van der Waals surface area contributed by atoms with Crippen molar-refractivity contribution in [3.8, 4) is 0 Å². The molecular formula is C10H21NO. The van der Waals surface area contributed by atoms with Crippen molar-refractivity contribution in [3.05, 3.63) is 12.2 Å². The molecule has 0 radical (unpaired) electrons. The lowest BCUT2D eigenvalue weighted by atomic mass is 10.2. The number of nitrogens with one attached hydrogen (secondary N) is 1. The molecule has 0 heterocycles. The number of rotatable bonds is 7. The average Bonchev–Trinajstić information content (AvgIpc) is 2.11. The van der Waals surface area contributed by atoms with E-state index >= 15 is 0 Å². The summed E-state index contributed by atoms with van der Waals surface area (Å²) in [5.41, 5.74) is 0. The lowest BCUT2D eigenvalue weighted by molar-refractivity contribution is 0.0655. The van der Waals surface area contributed by atoms with Gasteiger partial charge in [-0.1, -0.05) is 19.1 Å². The molecule has 0 aliphatic carbocycles. The number of allylic oxidation sites excluding steroid dienone is 1. The molecule has 0 saturated carbocycles. The van der Waals surface area contributed by atoms with Gasteiger partial charge in [-0.05, 0) is 33.4 Å². The Morgan fingerprint density at radius 1 is 1.50 bits per heavy atom. The molecule has 0 fully saturated rings. The number of hydrogen-bond donors (Lipinski definition) is 1. The molecule has 0 aromatic heterocycles. The molecule has 2 nitrogen and oxygen atoms in total. The zero-order chi connectivity index (χ0) is 9.23. The van der Waals surface area contributed by atoms with E-state index in [9.17, 15) is 0 Å². The molecule has 0 bridgehead atoms. The van der Waals surface area contributed by atoms with Gasteiger partial charge in [0, 0.05) is 0 Å². The van der Waals surface area contributed by atoms with Crippen molar-refractivity contribution in [1.29, 1.82) is 0 Å². The fourth-order valence-corrected chi connectivity index (χ4v) is 0.998. The molecule has 0 saturated heterocycles. The number of ether oxygens (including phenoxy) is 1. The highest BCUT2D eigenvalue weighted by molar-refractivity contribution is 4.76. The van der Waals surface area contributed by atoms with Gasteiger partial charge in [-0.3, -0.25) is 0 Å². The highest BCUT2D eigenvalue weighted by Crippen LogP contribution is 2.02.